The monoisotopic (exact) mass is 284 g/mol. The number of benzene rings is 2. The lowest BCUT2D eigenvalue weighted by atomic mass is 10.1. The quantitative estimate of drug-likeness (QED) is 0.741. The van der Waals surface area contributed by atoms with E-state index in [0.29, 0.717) is 10.6 Å². The molecule has 0 spiro atoms. The summed E-state index contributed by atoms with van der Waals surface area (Å²) in [4.78, 5) is 16.8. The number of anilines is 2. The Morgan fingerprint density at radius 1 is 1.15 bits per heavy atom. The van der Waals surface area contributed by atoms with Gasteiger partial charge in [-0.1, -0.05) is 29.8 Å². The van der Waals surface area contributed by atoms with Gasteiger partial charge in [0.25, 0.3) is 5.91 Å². The minimum Gasteiger partial charge on any atom is -0.353 e. The van der Waals surface area contributed by atoms with Gasteiger partial charge >= 0.3 is 0 Å². The van der Waals surface area contributed by atoms with Crippen molar-refractivity contribution in [2.24, 2.45) is 0 Å². The molecule has 0 aliphatic carbocycles. The molecule has 1 atom stereocenters. The molecule has 2 aromatic rings. The smallest absolute Gasteiger partial charge is 0.262 e. The van der Waals surface area contributed by atoms with Crippen LogP contribution in [0.1, 0.15) is 15.9 Å². The highest BCUT2D eigenvalue weighted by molar-refractivity contribution is 6.31. The Labute approximate surface area is 122 Å². The molecule has 3 nitrogen and oxygen atoms in total. The van der Waals surface area contributed by atoms with Gasteiger partial charge in [0.15, 0.2) is 0 Å². The predicted molar refractivity (Wildman–Crippen MR) is 80.6 cm³/mol. The Morgan fingerprint density at radius 2 is 1.95 bits per heavy atom. The lowest BCUT2D eigenvalue weighted by Gasteiger charge is -2.40. The van der Waals surface area contributed by atoms with Crippen molar-refractivity contribution in [3.63, 3.8) is 0 Å². The summed E-state index contributed by atoms with van der Waals surface area (Å²) in [6.07, 6.45) is 0.925. The van der Waals surface area contributed by atoms with E-state index in [-0.39, 0.29) is 12.1 Å². The van der Waals surface area contributed by atoms with Gasteiger partial charge in [-0.2, -0.15) is 0 Å². The first kappa shape index (κ1) is 11.8. The molecular formula is C16H13ClN2O. The topological polar surface area (TPSA) is 23.6 Å². The summed E-state index contributed by atoms with van der Waals surface area (Å²) in [6, 6.07) is 13.6. The second kappa shape index (κ2) is 4.00. The van der Waals surface area contributed by atoms with E-state index in [2.05, 4.69) is 11.0 Å². The zero-order chi connectivity index (χ0) is 13.9. The normalized spacial score (nSPS) is 19.7. The summed E-state index contributed by atoms with van der Waals surface area (Å²) in [5.74, 6) is 0.0375. The zero-order valence-corrected chi connectivity index (χ0v) is 11.8. The first-order chi connectivity index (χ1) is 9.66. The fourth-order valence-corrected chi connectivity index (χ4v) is 3.37. The summed E-state index contributed by atoms with van der Waals surface area (Å²) >= 11 is 6.04. The summed E-state index contributed by atoms with van der Waals surface area (Å²) in [5, 5.41) is 0.594. The van der Waals surface area contributed by atoms with Crippen molar-refractivity contribution in [3.05, 3.63) is 58.6 Å². The first-order valence-electron chi connectivity index (χ1n) is 6.60. The fourth-order valence-electron chi connectivity index (χ4n) is 3.20. The first-order valence-corrected chi connectivity index (χ1v) is 6.98. The maximum Gasteiger partial charge on any atom is 0.262 e. The Bertz CT molecular complexity index is 728. The highest BCUT2D eigenvalue weighted by Crippen LogP contribution is 2.41. The summed E-state index contributed by atoms with van der Waals surface area (Å²) in [6.45, 7) is 0. The van der Waals surface area contributed by atoms with Crippen LogP contribution in [-0.4, -0.2) is 19.1 Å². The second-order valence-electron chi connectivity index (χ2n) is 5.26. The van der Waals surface area contributed by atoms with Gasteiger partial charge in [0.05, 0.1) is 11.3 Å². The number of para-hydroxylation sites is 1. The lowest BCUT2D eigenvalue weighted by Crippen LogP contribution is -2.52. The standard InChI is InChI=1S/C16H13ClN2O/c1-18-14-7-6-11(17)9-12(14)16(20)19-13-5-3-2-4-10(13)8-15(18)19/h2-7,9,15H,8H2,1H3. The van der Waals surface area contributed by atoms with E-state index in [1.807, 2.05) is 42.3 Å². The van der Waals surface area contributed by atoms with E-state index in [4.69, 9.17) is 11.6 Å². The van der Waals surface area contributed by atoms with Gasteiger partial charge in [-0.25, -0.2) is 0 Å². The van der Waals surface area contributed by atoms with Crippen LogP contribution in [-0.2, 0) is 6.42 Å². The molecule has 0 radical (unpaired) electrons. The van der Waals surface area contributed by atoms with E-state index >= 15 is 0 Å². The second-order valence-corrected chi connectivity index (χ2v) is 5.70. The van der Waals surface area contributed by atoms with Crippen molar-refractivity contribution in [2.75, 3.05) is 16.8 Å². The predicted octanol–water partition coefficient (Wildman–Crippen LogP) is 3.32. The number of likely N-dealkylation sites (N-methyl/N-ethyl adjacent to an activating group) is 1. The van der Waals surface area contributed by atoms with Crippen LogP contribution in [0.5, 0.6) is 0 Å². The molecule has 1 unspecified atom stereocenters. The third kappa shape index (κ3) is 1.44. The molecule has 0 bridgehead atoms. The average molecular weight is 285 g/mol. The number of hydrogen-bond donors (Lipinski definition) is 0. The number of fused-ring (bicyclic) bond motifs is 4. The van der Waals surface area contributed by atoms with Gasteiger partial charge in [0.2, 0.25) is 0 Å². The highest BCUT2D eigenvalue weighted by atomic mass is 35.5. The Kier molecular flexibility index (Phi) is 2.36. The van der Waals surface area contributed by atoms with E-state index < -0.39 is 0 Å². The van der Waals surface area contributed by atoms with Crippen LogP contribution < -0.4 is 9.80 Å². The van der Waals surface area contributed by atoms with Crippen molar-refractivity contribution in [1.29, 1.82) is 0 Å². The number of carbonyl (C=O) groups is 1. The van der Waals surface area contributed by atoms with Crippen molar-refractivity contribution in [3.8, 4) is 0 Å². The average Bonchev–Trinajstić information content (AvgIpc) is 2.84. The highest BCUT2D eigenvalue weighted by Gasteiger charge is 2.41. The molecule has 20 heavy (non-hydrogen) atoms. The maximum atomic E-state index is 12.8. The van der Waals surface area contributed by atoms with Gasteiger partial charge in [0, 0.05) is 24.2 Å². The van der Waals surface area contributed by atoms with Gasteiger partial charge in [-0.3, -0.25) is 9.69 Å². The summed E-state index contributed by atoms with van der Waals surface area (Å²) in [7, 11) is 2.03. The van der Waals surface area contributed by atoms with E-state index in [1.54, 1.807) is 6.07 Å². The third-order valence-corrected chi connectivity index (χ3v) is 4.42. The Balaban J connectivity index is 1.91. The van der Waals surface area contributed by atoms with E-state index in [1.165, 1.54) is 5.56 Å². The van der Waals surface area contributed by atoms with Crippen LogP contribution in [0.3, 0.4) is 0 Å². The lowest BCUT2D eigenvalue weighted by molar-refractivity contribution is 0.0973. The van der Waals surface area contributed by atoms with Crippen LogP contribution in [0.2, 0.25) is 5.02 Å². The van der Waals surface area contributed by atoms with Gasteiger partial charge in [-0.15, -0.1) is 0 Å². The molecule has 0 saturated heterocycles. The number of amides is 1. The van der Waals surface area contributed by atoms with E-state index in [0.717, 1.165) is 17.8 Å². The van der Waals surface area contributed by atoms with Crippen molar-refractivity contribution < 1.29 is 4.79 Å². The molecule has 100 valence electrons. The minimum atomic E-state index is 0.0375. The molecule has 2 aromatic carbocycles. The van der Waals surface area contributed by atoms with Gasteiger partial charge < -0.3 is 4.90 Å². The van der Waals surface area contributed by atoms with Gasteiger partial charge in [-0.05, 0) is 29.8 Å². The molecule has 0 saturated carbocycles. The zero-order valence-electron chi connectivity index (χ0n) is 11.0. The van der Waals surface area contributed by atoms with Crippen LogP contribution in [0, 0.1) is 0 Å². The molecular weight excluding hydrogens is 272 g/mol. The summed E-state index contributed by atoms with van der Waals surface area (Å²) in [5.41, 5.74) is 3.86. The summed E-state index contributed by atoms with van der Waals surface area (Å²) < 4.78 is 0. The van der Waals surface area contributed by atoms with Crippen LogP contribution >= 0.6 is 11.6 Å². The third-order valence-electron chi connectivity index (χ3n) is 4.19. The maximum absolute atomic E-state index is 12.8. The Morgan fingerprint density at radius 3 is 2.80 bits per heavy atom. The molecule has 4 heteroatoms. The van der Waals surface area contributed by atoms with Crippen LogP contribution in [0.25, 0.3) is 0 Å². The number of halogens is 1. The van der Waals surface area contributed by atoms with Crippen molar-refractivity contribution in [2.45, 2.75) is 12.6 Å². The van der Waals surface area contributed by atoms with Gasteiger partial charge in [0.1, 0.15) is 6.17 Å². The molecule has 2 heterocycles. The molecule has 4 rings (SSSR count). The largest absolute Gasteiger partial charge is 0.353 e. The fraction of sp³-hybridized carbons (Fsp3) is 0.188. The minimum absolute atomic E-state index is 0.0375. The van der Waals surface area contributed by atoms with Crippen LogP contribution in [0.4, 0.5) is 11.4 Å². The van der Waals surface area contributed by atoms with Crippen molar-refractivity contribution in [1.82, 2.24) is 0 Å². The number of carbonyl (C=O) groups excluding carboxylic acids is 1. The SMILES string of the molecule is CN1c2ccc(Cl)cc2C(=O)N2c3ccccc3CC12. The molecule has 0 fully saturated rings. The molecule has 0 aromatic heterocycles. The van der Waals surface area contributed by atoms with Crippen LogP contribution in [0.15, 0.2) is 42.5 Å². The van der Waals surface area contributed by atoms with E-state index in [9.17, 15) is 4.79 Å². The molecule has 2 aliphatic rings. The molecule has 1 amide bonds. The Hall–Kier alpha value is -2.00. The number of hydrogen-bond acceptors (Lipinski definition) is 2. The molecule has 0 N–H and O–H groups in total. The number of nitrogens with zero attached hydrogens (tertiary/aromatic N) is 2. The number of rotatable bonds is 0. The van der Waals surface area contributed by atoms with Crippen molar-refractivity contribution >= 4 is 28.9 Å². The molecule has 2 aliphatic heterocycles.